The van der Waals surface area contributed by atoms with Crippen molar-refractivity contribution in [3.8, 4) is 0 Å². The molecule has 1 aromatic rings. The number of ether oxygens (including phenoxy) is 1. The number of hydrogen-bond acceptors (Lipinski definition) is 4. The minimum absolute atomic E-state index is 0.140. The van der Waals surface area contributed by atoms with Gasteiger partial charge in [0.2, 0.25) is 0 Å². The SMILES string of the molecule is CCCCOC(=O)c1ccnc(=O)[nH]1. The van der Waals surface area contributed by atoms with E-state index in [2.05, 4.69) is 9.97 Å². The van der Waals surface area contributed by atoms with E-state index >= 15 is 0 Å². The van der Waals surface area contributed by atoms with Gasteiger partial charge in [-0.25, -0.2) is 14.6 Å². The lowest BCUT2D eigenvalue weighted by Crippen LogP contribution is -2.16. The fourth-order valence-electron chi connectivity index (χ4n) is 0.875. The summed E-state index contributed by atoms with van der Waals surface area (Å²) in [4.78, 5) is 27.7. The van der Waals surface area contributed by atoms with Crippen molar-refractivity contribution in [1.82, 2.24) is 9.97 Å². The predicted molar refractivity (Wildman–Crippen MR) is 50.0 cm³/mol. The van der Waals surface area contributed by atoms with Crippen LogP contribution in [-0.4, -0.2) is 22.5 Å². The maximum Gasteiger partial charge on any atom is 0.354 e. The van der Waals surface area contributed by atoms with Gasteiger partial charge >= 0.3 is 11.7 Å². The van der Waals surface area contributed by atoms with Crippen LogP contribution >= 0.6 is 0 Å². The third-order valence-corrected chi connectivity index (χ3v) is 1.63. The van der Waals surface area contributed by atoms with E-state index < -0.39 is 11.7 Å². The largest absolute Gasteiger partial charge is 0.461 e. The first-order valence-corrected chi connectivity index (χ1v) is 4.46. The van der Waals surface area contributed by atoms with Gasteiger partial charge in [0.25, 0.3) is 0 Å². The number of aromatic nitrogens is 2. The Labute approximate surface area is 81.1 Å². The summed E-state index contributed by atoms with van der Waals surface area (Å²) in [5.41, 5.74) is -0.406. The number of aromatic amines is 1. The summed E-state index contributed by atoms with van der Waals surface area (Å²) in [6.07, 6.45) is 3.05. The molecule has 0 amide bonds. The van der Waals surface area contributed by atoms with Gasteiger partial charge < -0.3 is 4.74 Å². The fourth-order valence-corrected chi connectivity index (χ4v) is 0.875. The first kappa shape index (κ1) is 10.4. The molecule has 14 heavy (non-hydrogen) atoms. The molecule has 0 atom stereocenters. The third-order valence-electron chi connectivity index (χ3n) is 1.63. The van der Waals surface area contributed by atoms with Crippen molar-refractivity contribution in [3.05, 3.63) is 28.4 Å². The summed E-state index contributed by atoms with van der Waals surface area (Å²) < 4.78 is 4.89. The Kier molecular flexibility index (Phi) is 3.84. The fraction of sp³-hybridized carbons (Fsp3) is 0.444. The Bertz CT molecular complexity index is 359. The van der Waals surface area contributed by atoms with Crippen LogP contribution in [0.1, 0.15) is 30.3 Å². The van der Waals surface area contributed by atoms with E-state index in [4.69, 9.17) is 4.74 Å². The van der Waals surface area contributed by atoms with Gasteiger partial charge in [-0.3, -0.25) is 4.98 Å². The standard InChI is InChI=1S/C9H12N2O3/c1-2-3-6-14-8(12)7-4-5-10-9(13)11-7/h4-5H,2-3,6H2,1H3,(H,10,11,13). The first-order chi connectivity index (χ1) is 6.74. The zero-order valence-corrected chi connectivity index (χ0v) is 7.95. The van der Waals surface area contributed by atoms with Crippen LogP contribution in [0.2, 0.25) is 0 Å². The molecule has 1 N–H and O–H groups in total. The summed E-state index contributed by atoms with van der Waals surface area (Å²) >= 11 is 0. The Morgan fingerprint density at radius 1 is 1.64 bits per heavy atom. The van der Waals surface area contributed by atoms with Crippen molar-refractivity contribution >= 4 is 5.97 Å². The van der Waals surface area contributed by atoms with Crippen LogP contribution in [0.15, 0.2) is 17.1 Å². The normalized spacial score (nSPS) is 9.79. The number of carbonyl (C=O) groups is 1. The highest BCUT2D eigenvalue weighted by atomic mass is 16.5. The van der Waals surface area contributed by atoms with Gasteiger partial charge in [-0.2, -0.15) is 0 Å². The quantitative estimate of drug-likeness (QED) is 0.569. The smallest absolute Gasteiger partial charge is 0.354 e. The van der Waals surface area contributed by atoms with Gasteiger partial charge in [0, 0.05) is 6.20 Å². The summed E-state index contributed by atoms with van der Waals surface area (Å²) in [5, 5.41) is 0. The topological polar surface area (TPSA) is 72.0 Å². The molecular weight excluding hydrogens is 184 g/mol. The number of hydrogen-bond donors (Lipinski definition) is 1. The second-order valence-electron chi connectivity index (χ2n) is 2.78. The molecule has 76 valence electrons. The minimum atomic E-state index is -0.546. The zero-order valence-electron chi connectivity index (χ0n) is 7.95. The summed E-state index contributed by atoms with van der Waals surface area (Å²) in [6.45, 7) is 2.38. The summed E-state index contributed by atoms with van der Waals surface area (Å²) in [6, 6.07) is 1.41. The summed E-state index contributed by atoms with van der Waals surface area (Å²) in [7, 11) is 0. The molecule has 0 spiro atoms. The molecule has 0 aliphatic rings. The van der Waals surface area contributed by atoms with Crippen molar-refractivity contribution in [2.75, 3.05) is 6.61 Å². The highest BCUT2D eigenvalue weighted by Crippen LogP contribution is 1.95. The van der Waals surface area contributed by atoms with Crippen LogP contribution in [0.3, 0.4) is 0 Å². The van der Waals surface area contributed by atoms with Crippen molar-refractivity contribution in [2.45, 2.75) is 19.8 Å². The summed E-state index contributed by atoms with van der Waals surface area (Å²) in [5.74, 6) is -0.516. The van der Waals surface area contributed by atoms with Crippen LogP contribution in [0.25, 0.3) is 0 Å². The lowest BCUT2D eigenvalue weighted by molar-refractivity contribution is 0.0492. The Balaban J connectivity index is 2.56. The predicted octanol–water partition coefficient (Wildman–Crippen LogP) is 0.727. The molecule has 0 radical (unpaired) electrons. The number of carbonyl (C=O) groups excluding carboxylic acids is 1. The lowest BCUT2D eigenvalue weighted by atomic mass is 10.3. The number of nitrogens with zero attached hydrogens (tertiary/aromatic N) is 1. The Morgan fingerprint density at radius 3 is 3.07 bits per heavy atom. The van der Waals surface area contributed by atoms with Gasteiger partial charge in [-0.1, -0.05) is 13.3 Å². The van der Waals surface area contributed by atoms with Crippen LogP contribution < -0.4 is 5.69 Å². The third kappa shape index (κ3) is 3.01. The molecule has 0 aromatic carbocycles. The monoisotopic (exact) mass is 196 g/mol. The van der Waals surface area contributed by atoms with Crippen molar-refractivity contribution in [1.29, 1.82) is 0 Å². The van der Waals surface area contributed by atoms with Gasteiger partial charge in [-0.05, 0) is 12.5 Å². The average Bonchev–Trinajstić information content (AvgIpc) is 2.18. The van der Waals surface area contributed by atoms with E-state index in [1.165, 1.54) is 12.3 Å². The zero-order chi connectivity index (χ0) is 10.4. The molecular formula is C9H12N2O3. The number of nitrogens with one attached hydrogen (secondary N) is 1. The van der Waals surface area contributed by atoms with Crippen molar-refractivity contribution < 1.29 is 9.53 Å². The van der Waals surface area contributed by atoms with E-state index in [-0.39, 0.29) is 5.69 Å². The minimum Gasteiger partial charge on any atom is -0.461 e. The maximum absolute atomic E-state index is 11.3. The molecule has 0 unspecified atom stereocenters. The molecule has 0 saturated carbocycles. The molecule has 0 aliphatic heterocycles. The van der Waals surface area contributed by atoms with Crippen molar-refractivity contribution in [3.63, 3.8) is 0 Å². The lowest BCUT2D eigenvalue weighted by Gasteiger charge is -2.02. The number of esters is 1. The van der Waals surface area contributed by atoms with Crippen LogP contribution in [0.4, 0.5) is 0 Å². The van der Waals surface area contributed by atoms with E-state index in [9.17, 15) is 9.59 Å². The van der Waals surface area contributed by atoms with Gasteiger partial charge in [-0.15, -0.1) is 0 Å². The Hall–Kier alpha value is -1.65. The Morgan fingerprint density at radius 2 is 2.43 bits per heavy atom. The molecule has 0 saturated heterocycles. The van der Waals surface area contributed by atoms with E-state index in [1.54, 1.807) is 0 Å². The average molecular weight is 196 g/mol. The molecule has 1 rings (SSSR count). The first-order valence-electron chi connectivity index (χ1n) is 4.46. The second kappa shape index (κ2) is 5.16. The van der Waals surface area contributed by atoms with Gasteiger partial charge in [0.1, 0.15) is 5.69 Å². The molecule has 0 aliphatic carbocycles. The van der Waals surface area contributed by atoms with E-state index in [1.807, 2.05) is 6.92 Å². The highest BCUT2D eigenvalue weighted by molar-refractivity contribution is 5.86. The number of unbranched alkanes of at least 4 members (excludes halogenated alkanes) is 1. The molecule has 5 heteroatoms. The molecule has 5 nitrogen and oxygen atoms in total. The van der Waals surface area contributed by atoms with Gasteiger partial charge in [0.05, 0.1) is 6.61 Å². The number of rotatable bonds is 4. The molecule has 0 bridgehead atoms. The second-order valence-corrected chi connectivity index (χ2v) is 2.78. The molecule has 0 fully saturated rings. The van der Waals surface area contributed by atoms with Crippen LogP contribution in [0.5, 0.6) is 0 Å². The van der Waals surface area contributed by atoms with E-state index in [0.29, 0.717) is 6.61 Å². The maximum atomic E-state index is 11.3. The van der Waals surface area contributed by atoms with E-state index in [0.717, 1.165) is 12.8 Å². The van der Waals surface area contributed by atoms with Crippen LogP contribution in [0, 0.1) is 0 Å². The molecule has 1 aromatic heterocycles. The molecule has 1 heterocycles. The van der Waals surface area contributed by atoms with Crippen molar-refractivity contribution in [2.24, 2.45) is 0 Å². The van der Waals surface area contributed by atoms with Crippen LogP contribution in [-0.2, 0) is 4.74 Å². The highest BCUT2D eigenvalue weighted by Gasteiger charge is 2.06. The van der Waals surface area contributed by atoms with Gasteiger partial charge in [0.15, 0.2) is 0 Å². The number of H-pyrrole nitrogens is 1.